The van der Waals surface area contributed by atoms with Gasteiger partial charge < -0.3 is 9.69 Å². The normalized spacial score (nSPS) is 16.8. The second kappa shape index (κ2) is 4.14. The molecule has 1 aliphatic heterocycles. The van der Waals surface area contributed by atoms with Gasteiger partial charge in [-0.1, -0.05) is 6.42 Å². The third-order valence-electron chi connectivity index (χ3n) is 1.47. The molecule has 1 heterocycles. The molecule has 0 aromatic carbocycles. The Kier molecular flexibility index (Phi) is 4.14. The Hall–Kier alpha value is 0.0100. The fourth-order valence-corrected chi connectivity index (χ4v) is 1.04. The third kappa shape index (κ3) is 2.22. The van der Waals surface area contributed by atoms with Gasteiger partial charge in [0, 0.05) is 6.04 Å². The molecule has 1 fully saturated rings. The molecular weight excluding hydrogens is 153 g/mol. The van der Waals surface area contributed by atoms with Gasteiger partial charge in [0.2, 0.25) is 0 Å². The number of nitrogens with zero attached hydrogens (tertiary/aromatic N) is 1. The molecule has 1 aliphatic rings. The van der Waals surface area contributed by atoms with Crippen molar-refractivity contribution in [2.75, 3.05) is 0 Å². The van der Waals surface area contributed by atoms with Crippen LogP contribution in [0.25, 0.3) is 0 Å². The van der Waals surface area contributed by atoms with Gasteiger partial charge in [0.15, 0.2) is 5.91 Å². The van der Waals surface area contributed by atoms with Crippen molar-refractivity contribution in [2.24, 2.45) is 0 Å². The number of hydrogen-bond donors (Lipinski definition) is 0. The molecule has 0 aromatic rings. The zero-order valence-corrected chi connectivity index (χ0v) is 9.13. The van der Waals surface area contributed by atoms with Crippen molar-refractivity contribution >= 4 is 11.8 Å². The van der Waals surface area contributed by atoms with E-state index >= 15 is 0 Å². The minimum Gasteiger partial charge on any atom is -0.311 e. The van der Waals surface area contributed by atoms with E-state index in [0.717, 1.165) is 0 Å². The molecule has 1 saturated heterocycles. The van der Waals surface area contributed by atoms with Crippen LogP contribution in [0.5, 0.6) is 0 Å². The average Bonchev–Trinajstić information content (AvgIpc) is 2.11. The molecule has 0 bridgehead atoms. The summed E-state index contributed by atoms with van der Waals surface area (Å²) in [6.07, 6.45) is 1.69. The van der Waals surface area contributed by atoms with E-state index in [0.29, 0.717) is 0 Å². The Morgan fingerprint density at radius 2 is 2.00 bits per heavy atom. The van der Waals surface area contributed by atoms with E-state index in [1.165, 1.54) is 11.3 Å². The first-order chi connectivity index (χ1) is 4.63. The molecule has 56 valence electrons. The van der Waals surface area contributed by atoms with Gasteiger partial charge in [-0.25, -0.2) is 0 Å². The summed E-state index contributed by atoms with van der Waals surface area (Å²) in [4.78, 5) is 23.1. The summed E-state index contributed by atoms with van der Waals surface area (Å²) in [6, 6.07) is -0.00116. The standard InChI is InChI=1S/C7H10NO2.Na/c1-5(2)8-6(9)3-4-7(8)10;/h3,5H,4H2,1-2H3;/q-1;+1. The van der Waals surface area contributed by atoms with Gasteiger partial charge in [0.25, 0.3) is 0 Å². The summed E-state index contributed by atoms with van der Waals surface area (Å²) in [5.41, 5.74) is 0. The van der Waals surface area contributed by atoms with E-state index in [1.54, 1.807) is 0 Å². The zero-order valence-electron chi connectivity index (χ0n) is 7.13. The van der Waals surface area contributed by atoms with Crippen molar-refractivity contribution in [2.45, 2.75) is 26.3 Å². The van der Waals surface area contributed by atoms with Gasteiger partial charge in [-0.2, -0.15) is 0 Å². The van der Waals surface area contributed by atoms with E-state index in [2.05, 4.69) is 0 Å². The molecule has 2 amide bonds. The van der Waals surface area contributed by atoms with Crippen LogP contribution in [0, 0.1) is 6.42 Å². The summed E-state index contributed by atoms with van der Waals surface area (Å²) in [5.74, 6) is -0.236. The van der Waals surface area contributed by atoms with E-state index in [4.69, 9.17) is 0 Å². The Labute approximate surface area is 88.4 Å². The molecule has 11 heavy (non-hydrogen) atoms. The number of hydrogen-bond acceptors (Lipinski definition) is 2. The monoisotopic (exact) mass is 163 g/mol. The van der Waals surface area contributed by atoms with Crippen molar-refractivity contribution in [1.82, 2.24) is 4.90 Å². The van der Waals surface area contributed by atoms with E-state index in [1.807, 2.05) is 13.8 Å². The van der Waals surface area contributed by atoms with Crippen molar-refractivity contribution < 1.29 is 39.1 Å². The number of rotatable bonds is 1. The fraction of sp³-hybridized carbons (Fsp3) is 0.571. The topological polar surface area (TPSA) is 37.4 Å². The Bertz CT molecular complexity index is 163. The van der Waals surface area contributed by atoms with Crippen LogP contribution in [0.1, 0.15) is 20.3 Å². The Morgan fingerprint density at radius 1 is 1.45 bits per heavy atom. The van der Waals surface area contributed by atoms with E-state index in [-0.39, 0.29) is 53.8 Å². The van der Waals surface area contributed by atoms with Gasteiger partial charge >= 0.3 is 29.6 Å². The fourth-order valence-electron chi connectivity index (χ4n) is 1.04. The minimum atomic E-state index is -0.153. The number of carbonyl (C=O) groups is 2. The van der Waals surface area contributed by atoms with E-state index in [9.17, 15) is 9.59 Å². The zero-order chi connectivity index (χ0) is 7.72. The number of carbonyl (C=O) groups excluding carboxylic acids is 2. The maximum atomic E-state index is 10.9. The van der Waals surface area contributed by atoms with Crippen LogP contribution < -0.4 is 29.6 Å². The van der Waals surface area contributed by atoms with Crippen LogP contribution in [0.2, 0.25) is 0 Å². The predicted molar refractivity (Wildman–Crippen MR) is 35.9 cm³/mol. The number of likely N-dealkylation sites (tertiary alicyclic amines) is 1. The van der Waals surface area contributed by atoms with Gasteiger partial charge in [-0.05, 0) is 13.8 Å². The average molecular weight is 163 g/mol. The quantitative estimate of drug-likeness (QED) is 0.241. The third-order valence-corrected chi connectivity index (χ3v) is 1.47. The van der Waals surface area contributed by atoms with Gasteiger partial charge in [-0.15, -0.1) is 0 Å². The molecule has 0 aliphatic carbocycles. The van der Waals surface area contributed by atoms with Crippen molar-refractivity contribution in [3.63, 3.8) is 0 Å². The first kappa shape index (κ1) is 11.0. The summed E-state index contributed by atoms with van der Waals surface area (Å²) in [6.45, 7) is 3.66. The number of imide groups is 1. The molecule has 0 radical (unpaired) electrons. The number of amides is 2. The summed E-state index contributed by atoms with van der Waals surface area (Å²) in [5, 5.41) is 0. The first-order valence-electron chi connectivity index (χ1n) is 3.32. The summed E-state index contributed by atoms with van der Waals surface area (Å²) >= 11 is 0. The van der Waals surface area contributed by atoms with Crippen LogP contribution in [-0.2, 0) is 9.59 Å². The van der Waals surface area contributed by atoms with Crippen molar-refractivity contribution in [1.29, 1.82) is 0 Å². The SMILES string of the molecule is CC(C)N1C(=O)[CH-]CC1=O.[Na+]. The van der Waals surface area contributed by atoms with Crippen LogP contribution in [0.4, 0.5) is 0 Å². The molecule has 0 saturated carbocycles. The van der Waals surface area contributed by atoms with Gasteiger partial charge in [0.05, 0.1) is 5.91 Å². The largest absolute Gasteiger partial charge is 1.00 e. The van der Waals surface area contributed by atoms with Crippen molar-refractivity contribution in [3.05, 3.63) is 6.42 Å². The Balaban J connectivity index is 0.000001000. The molecule has 3 nitrogen and oxygen atoms in total. The predicted octanol–water partition coefficient (Wildman–Crippen LogP) is -2.64. The van der Waals surface area contributed by atoms with Gasteiger partial charge in [0.1, 0.15) is 0 Å². The Morgan fingerprint density at radius 3 is 2.18 bits per heavy atom. The molecule has 0 spiro atoms. The van der Waals surface area contributed by atoms with Crippen LogP contribution in [-0.4, -0.2) is 22.8 Å². The van der Waals surface area contributed by atoms with Crippen LogP contribution in [0.15, 0.2) is 0 Å². The maximum absolute atomic E-state index is 10.9. The maximum Gasteiger partial charge on any atom is 1.00 e. The van der Waals surface area contributed by atoms with Crippen molar-refractivity contribution in [3.8, 4) is 0 Å². The van der Waals surface area contributed by atoms with Crippen LogP contribution in [0.3, 0.4) is 0 Å². The molecule has 1 rings (SSSR count). The minimum absolute atomic E-state index is 0. The first-order valence-corrected chi connectivity index (χ1v) is 3.32. The molecule has 4 heteroatoms. The molecule has 0 aromatic heterocycles. The smallest absolute Gasteiger partial charge is 0.311 e. The van der Waals surface area contributed by atoms with Crippen LogP contribution >= 0.6 is 0 Å². The summed E-state index contributed by atoms with van der Waals surface area (Å²) in [7, 11) is 0. The second-order valence-corrected chi connectivity index (χ2v) is 2.60. The molecular formula is C7H10NNaO2. The molecule has 0 unspecified atom stereocenters. The molecule has 0 atom stereocenters. The van der Waals surface area contributed by atoms with Gasteiger partial charge in [-0.3, -0.25) is 11.2 Å². The van der Waals surface area contributed by atoms with E-state index < -0.39 is 0 Å². The second-order valence-electron chi connectivity index (χ2n) is 2.60. The molecule has 0 N–H and O–H groups in total. The summed E-state index contributed by atoms with van der Waals surface area (Å²) < 4.78 is 0.